The zero-order chi connectivity index (χ0) is 97.9. The Morgan fingerprint density at radius 2 is 0.322 bits per heavy atom. The third-order valence-electron chi connectivity index (χ3n) is 28.5. The lowest BCUT2D eigenvalue weighted by Gasteiger charge is -2.26. The van der Waals surface area contributed by atoms with E-state index in [0.29, 0.717) is 0 Å². The predicted molar refractivity (Wildman–Crippen MR) is 621 cm³/mol. The van der Waals surface area contributed by atoms with Crippen LogP contribution in [0.2, 0.25) is 0 Å². The minimum Gasteiger partial charge on any atom is -0.311 e. The molecule has 0 unspecified atom stereocenters. The van der Waals surface area contributed by atoms with Crippen molar-refractivity contribution in [1.82, 2.24) is 0 Å². The zero-order valence-corrected chi connectivity index (χ0v) is 81.5. The molecule has 1 aliphatic rings. The molecule has 0 aliphatic heterocycles. The van der Waals surface area contributed by atoms with Gasteiger partial charge in [-0.1, -0.05) is 493 Å². The molecular formula is C143H105N3. The van der Waals surface area contributed by atoms with Gasteiger partial charge in [0.25, 0.3) is 0 Å². The molecule has 146 heavy (non-hydrogen) atoms. The highest BCUT2D eigenvalue weighted by atomic mass is 15.2. The molecule has 0 amide bonds. The van der Waals surface area contributed by atoms with Gasteiger partial charge in [0.15, 0.2) is 0 Å². The van der Waals surface area contributed by atoms with Gasteiger partial charge < -0.3 is 14.7 Å². The second-order valence-corrected chi connectivity index (χ2v) is 37.8. The quantitative estimate of drug-likeness (QED) is 0.0710. The van der Waals surface area contributed by atoms with E-state index in [1.807, 2.05) is 0 Å². The molecule has 0 fully saturated rings. The number of hydrogen-bond acceptors (Lipinski definition) is 3. The molecule has 0 radical (unpaired) electrons. The van der Waals surface area contributed by atoms with Crippen LogP contribution in [0.15, 0.2) is 601 Å². The summed E-state index contributed by atoms with van der Waals surface area (Å²) in [6, 6.07) is 216. The Labute approximate surface area is 856 Å². The summed E-state index contributed by atoms with van der Waals surface area (Å²) < 4.78 is 0. The molecule has 0 saturated carbocycles. The minimum absolute atomic E-state index is 0.0411. The molecule has 0 spiro atoms. The fraction of sp³-hybridized carbons (Fsp3) is 0.0210. The fourth-order valence-corrected chi connectivity index (χ4v) is 20.9. The first-order valence-corrected chi connectivity index (χ1v) is 50.3. The summed E-state index contributed by atoms with van der Waals surface area (Å²) in [6.07, 6.45) is 0. The van der Waals surface area contributed by atoms with Gasteiger partial charge in [-0.15, -0.1) is 0 Å². The Morgan fingerprint density at radius 3 is 0.651 bits per heavy atom. The van der Waals surface area contributed by atoms with Crippen LogP contribution >= 0.6 is 0 Å². The summed E-state index contributed by atoms with van der Waals surface area (Å²) in [5.41, 5.74) is 44.7. The highest BCUT2D eigenvalue weighted by Crippen LogP contribution is 2.52. The van der Waals surface area contributed by atoms with Gasteiger partial charge in [0.1, 0.15) is 0 Å². The number of hydrogen-bond donors (Lipinski definition) is 0. The topological polar surface area (TPSA) is 9.72 Å². The summed E-state index contributed by atoms with van der Waals surface area (Å²) >= 11 is 0. The summed E-state index contributed by atoms with van der Waals surface area (Å²) in [7, 11) is 0. The molecule has 24 aromatic carbocycles. The average molecular weight is 1870 g/mol. The number of rotatable bonds is 21. The van der Waals surface area contributed by atoms with Crippen LogP contribution in [0.3, 0.4) is 0 Å². The van der Waals surface area contributed by atoms with Crippen LogP contribution in [0.25, 0.3) is 166 Å². The highest BCUT2D eigenvalue weighted by molar-refractivity contribution is 6.02. The number of nitrogens with zero attached hydrogens (tertiary/aromatic N) is 3. The minimum atomic E-state index is -0.0411. The van der Waals surface area contributed by atoms with Crippen molar-refractivity contribution in [1.29, 1.82) is 0 Å². The van der Waals surface area contributed by atoms with Gasteiger partial charge in [0.05, 0.1) is 0 Å². The number of benzene rings is 24. The molecule has 3 nitrogen and oxygen atoms in total. The zero-order valence-electron chi connectivity index (χ0n) is 81.5. The second kappa shape index (κ2) is 41.5. The van der Waals surface area contributed by atoms with E-state index in [9.17, 15) is 0 Å². The lowest BCUT2D eigenvalue weighted by atomic mass is 9.81. The molecule has 0 N–H and O–H groups in total. The van der Waals surface area contributed by atoms with Crippen molar-refractivity contribution < 1.29 is 0 Å². The van der Waals surface area contributed by atoms with E-state index in [1.165, 1.54) is 177 Å². The highest BCUT2D eigenvalue weighted by Gasteiger charge is 2.36. The second-order valence-electron chi connectivity index (χ2n) is 37.8. The van der Waals surface area contributed by atoms with Crippen LogP contribution in [-0.2, 0) is 5.41 Å². The molecule has 3 heteroatoms. The first-order chi connectivity index (χ1) is 72.2. The maximum Gasteiger partial charge on any atom is 0.0462 e. The Kier molecular flexibility index (Phi) is 25.9. The normalized spacial score (nSPS) is 11.5. The number of anilines is 9. The molecule has 0 heterocycles. The third-order valence-corrected chi connectivity index (χ3v) is 28.5. The van der Waals surface area contributed by atoms with Crippen LogP contribution in [0, 0.1) is 0 Å². The van der Waals surface area contributed by atoms with Gasteiger partial charge in [-0.3, -0.25) is 0 Å². The molecule has 692 valence electrons. The van der Waals surface area contributed by atoms with Crippen molar-refractivity contribution >= 4 is 72.7 Å². The van der Waals surface area contributed by atoms with Crippen LogP contribution in [-0.4, -0.2) is 0 Å². The van der Waals surface area contributed by atoms with Crippen molar-refractivity contribution in [3.8, 4) is 145 Å². The van der Waals surface area contributed by atoms with Crippen LogP contribution in [0.1, 0.15) is 25.0 Å². The summed E-state index contributed by atoms with van der Waals surface area (Å²) in [5, 5.41) is 5.03. The molecule has 24 aromatic rings. The molecule has 0 bridgehead atoms. The van der Waals surface area contributed by atoms with Gasteiger partial charge in [-0.2, -0.15) is 0 Å². The van der Waals surface area contributed by atoms with Gasteiger partial charge >= 0.3 is 0 Å². The smallest absolute Gasteiger partial charge is 0.0462 e. The Morgan fingerprint density at radius 1 is 0.116 bits per heavy atom. The van der Waals surface area contributed by atoms with E-state index in [4.69, 9.17) is 0 Å². The van der Waals surface area contributed by atoms with Crippen LogP contribution < -0.4 is 14.7 Å². The Bertz CT molecular complexity index is 8360. The largest absolute Gasteiger partial charge is 0.311 e. The van der Waals surface area contributed by atoms with Crippen LogP contribution in [0.5, 0.6) is 0 Å². The van der Waals surface area contributed by atoms with Gasteiger partial charge in [-0.05, 0) is 299 Å². The maximum absolute atomic E-state index is 2.42. The Hall–Kier alpha value is -18.8. The lowest BCUT2D eigenvalue weighted by molar-refractivity contribution is 0.660. The first kappa shape index (κ1) is 91.0. The Balaban J connectivity index is 0.000000121. The summed E-state index contributed by atoms with van der Waals surface area (Å²) in [4.78, 5) is 7.02. The van der Waals surface area contributed by atoms with Crippen molar-refractivity contribution in [2.45, 2.75) is 19.3 Å². The number of fused-ring (bicyclic) bond motifs is 5. The van der Waals surface area contributed by atoms with E-state index in [0.717, 1.165) is 51.2 Å². The van der Waals surface area contributed by atoms with E-state index in [1.54, 1.807) is 0 Å². The molecule has 0 atom stereocenters. The van der Waals surface area contributed by atoms with Crippen molar-refractivity contribution in [2.24, 2.45) is 0 Å². The molecule has 0 saturated heterocycles. The van der Waals surface area contributed by atoms with E-state index in [-0.39, 0.29) is 5.41 Å². The van der Waals surface area contributed by atoms with Crippen molar-refractivity contribution in [3.05, 3.63) is 612 Å². The SMILES string of the molecule is CC1(C)c2ccccc2-c2ccc(-c3ccccc3-c3ccc(N(c4ccc(-c5ccccc5)cc4)c4ccc(-c5ccccc5)cc4)cc3)cc21.c1ccc(-c2ccc(N(c3ccc(-c4ccccc4)cc3)c3ccc(-c4ccccc4-c4ccc5ccccc5c4)cc3)cc2)cc1.c1ccc(-c2ccc(N(c3ccc(-c4ccccc4)cc3)c3ccc(-c4ccccc4-c4cccc5ccccc45)cc3)cc2)cc1. The maximum atomic E-state index is 2.42. The van der Waals surface area contributed by atoms with Gasteiger partial charge in [-0.25, -0.2) is 0 Å². The fourth-order valence-electron chi connectivity index (χ4n) is 20.9. The average Bonchev–Trinajstić information content (AvgIpc) is 1.57. The standard InChI is InChI=1S/C51H39N.2C46H33N/c1-51(2)49-20-12-11-19-47(49)48-34-27-41(35-50(48)51)46-18-10-9-17-45(46)40-25-32-44(33-26-40)52(42-28-21-38(22-29-42)36-13-5-3-6-14-36)43-30-23-39(24-31-43)37-15-7-4-8-16-37;1-3-12-34(13-4-1)36-22-28-40(29-23-36)47(41-30-24-37(25-31-41)35-14-5-2-6-15-35)42-32-26-39(27-33-42)44-19-9-10-20-45(44)46-21-11-17-38-16-7-8-18-43(38)46;1-3-11-34(12-4-1)37-21-27-42(28-22-37)47(43-29-23-38(24-30-43)35-13-5-2-6-14-35)44-31-25-39(26-32-44)45-17-9-10-18-46(45)41-20-19-36-15-7-8-16-40(36)33-41/h3-35H,1-2H3;2*1-33H. The molecule has 1 aliphatic carbocycles. The molecular weight excluding hydrogens is 1760 g/mol. The third kappa shape index (κ3) is 19.2. The molecule has 0 aromatic heterocycles. The first-order valence-electron chi connectivity index (χ1n) is 50.3. The lowest BCUT2D eigenvalue weighted by Crippen LogP contribution is -2.14. The van der Waals surface area contributed by atoms with E-state index < -0.39 is 0 Å². The molecule has 25 rings (SSSR count). The van der Waals surface area contributed by atoms with E-state index >= 15 is 0 Å². The van der Waals surface area contributed by atoms with E-state index in [2.05, 4.69) is 629 Å². The summed E-state index contributed by atoms with van der Waals surface area (Å²) in [6.45, 7) is 4.70. The van der Waals surface area contributed by atoms with Crippen molar-refractivity contribution in [3.63, 3.8) is 0 Å². The monoisotopic (exact) mass is 1860 g/mol. The summed E-state index contributed by atoms with van der Waals surface area (Å²) in [5.74, 6) is 0. The van der Waals surface area contributed by atoms with Gasteiger partial charge in [0, 0.05) is 56.6 Å². The predicted octanol–water partition coefficient (Wildman–Crippen LogP) is 40.1. The van der Waals surface area contributed by atoms with Gasteiger partial charge in [0.2, 0.25) is 0 Å². The van der Waals surface area contributed by atoms with Crippen molar-refractivity contribution in [2.75, 3.05) is 14.7 Å². The van der Waals surface area contributed by atoms with Crippen LogP contribution in [0.4, 0.5) is 51.2 Å².